The number of nitrogens with one attached hydrogen (secondary N) is 1. The lowest BCUT2D eigenvalue weighted by atomic mass is 10.2. The smallest absolute Gasteiger partial charge is 0.281 e. The second kappa shape index (κ2) is 6.01. The first-order valence-corrected chi connectivity index (χ1v) is 6.32. The van der Waals surface area contributed by atoms with Crippen molar-refractivity contribution in [3.05, 3.63) is 46.2 Å². The molecule has 1 heterocycles. The van der Waals surface area contributed by atoms with Crippen LogP contribution >= 0.6 is 11.3 Å². The summed E-state index contributed by atoms with van der Waals surface area (Å²) in [4.78, 5) is 12.2. The van der Waals surface area contributed by atoms with E-state index in [1.807, 2.05) is 5.38 Å². The van der Waals surface area contributed by atoms with Gasteiger partial charge in [-0.05, 0) is 35.2 Å². The fourth-order valence-corrected chi connectivity index (χ4v) is 2.02. The van der Waals surface area contributed by atoms with E-state index in [9.17, 15) is 9.90 Å². The Morgan fingerprint density at radius 1 is 1.47 bits per heavy atom. The fourth-order valence-electron chi connectivity index (χ4n) is 1.40. The van der Waals surface area contributed by atoms with Gasteiger partial charge in [0.05, 0.1) is 18.2 Å². The molecule has 0 saturated carbocycles. The topological polar surface area (TPSA) is 70.9 Å². The summed E-state index contributed by atoms with van der Waals surface area (Å²) in [7, 11) is 1.47. The number of hydrazone groups is 1. The van der Waals surface area contributed by atoms with E-state index in [0.29, 0.717) is 16.2 Å². The first kappa shape index (κ1) is 13.1. The van der Waals surface area contributed by atoms with E-state index in [-0.39, 0.29) is 11.7 Å². The van der Waals surface area contributed by atoms with E-state index in [4.69, 9.17) is 4.74 Å². The molecular weight excluding hydrogens is 264 g/mol. The number of ether oxygens (including phenoxy) is 1. The van der Waals surface area contributed by atoms with Crippen LogP contribution in [0, 0.1) is 0 Å². The molecule has 0 bridgehead atoms. The largest absolute Gasteiger partial charge is 0.504 e. The van der Waals surface area contributed by atoms with E-state index in [1.54, 1.807) is 24.3 Å². The molecule has 2 aromatic rings. The lowest BCUT2D eigenvalue weighted by molar-refractivity contribution is 0.0959. The number of amides is 1. The molecule has 0 fully saturated rings. The number of benzene rings is 1. The zero-order valence-corrected chi connectivity index (χ0v) is 11.0. The Hall–Kier alpha value is -2.34. The highest BCUT2D eigenvalue weighted by molar-refractivity contribution is 7.12. The van der Waals surface area contributed by atoms with Crippen molar-refractivity contribution in [2.45, 2.75) is 0 Å². The molecule has 98 valence electrons. The number of aromatic hydroxyl groups is 1. The van der Waals surface area contributed by atoms with Crippen molar-refractivity contribution >= 4 is 23.5 Å². The van der Waals surface area contributed by atoms with Crippen LogP contribution in [0.5, 0.6) is 11.5 Å². The average Bonchev–Trinajstić information content (AvgIpc) is 2.94. The van der Waals surface area contributed by atoms with Crippen molar-refractivity contribution in [3.63, 3.8) is 0 Å². The van der Waals surface area contributed by atoms with Crippen LogP contribution in [-0.4, -0.2) is 24.3 Å². The number of phenolic OH excluding ortho intramolecular Hbond substituents is 1. The van der Waals surface area contributed by atoms with Gasteiger partial charge in [-0.3, -0.25) is 4.79 Å². The van der Waals surface area contributed by atoms with Crippen LogP contribution in [-0.2, 0) is 0 Å². The van der Waals surface area contributed by atoms with Gasteiger partial charge >= 0.3 is 0 Å². The Morgan fingerprint density at radius 3 is 3.00 bits per heavy atom. The fraction of sp³-hybridized carbons (Fsp3) is 0.0769. The van der Waals surface area contributed by atoms with E-state index in [1.165, 1.54) is 30.7 Å². The van der Waals surface area contributed by atoms with Crippen molar-refractivity contribution in [3.8, 4) is 11.5 Å². The molecule has 0 aliphatic rings. The van der Waals surface area contributed by atoms with E-state index in [2.05, 4.69) is 10.5 Å². The zero-order valence-electron chi connectivity index (χ0n) is 10.2. The summed E-state index contributed by atoms with van der Waals surface area (Å²) in [5.41, 5.74) is 3.13. The van der Waals surface area contributed by atoms with Crippen molar-refractivity contribution in [2.24, 2.45) is 5.10 Å². The van der Waals surface area contributed by atoms with Gasteiger partial charge in [0.1, 0.15) is 0 Å². The maximum Gasteiger partial charge on any atom is 0.281 e. The molecule has 0 spiro atoms. The van der Waals surface area contributed by atoms with Crippen LogP contribution in [0.3, 0.4) is 0 Å². The Morgan fingerprint density at radius 2 is 2.32 bits per heavy atom. The van der Waals surface area contributed by atoms with Crippen molar-refractivity contribution in [1.82, 2.24) is 5.43 Å². The quantitative estimate of drug-likeness (QED) is 0.664. The maximum absolute atomic E-state index is 11.6. The van der Waals surface area contributed by atoms with Crippen LogP contribution in [0.25, 0.3) is 0 Å². The van der Waals surface area contributed by atoms with Gasteiger partial charge in [-0.15, -0.1) is 11.3 Å². The molecule has 2 rings (SSSR count). The molecule has 1 aromatic carbocycles. The van der Waals surface area contributed by atoms with Crippen molar-refractivity contribution in [2.75, 3.05) is 7.11 Å². The van der Waals surface area contributed by atoms with E-state index < -0.39 is 0 Å². The Labute approximate surface area is 114 Å². The number of phenols is 1. The molecule has 0 unspecified atom stereocenters. The second-order valence-corrected chi connectivity index (χ2v) is 4.56. The molecule has 0 saturated heterocycles. The lowest BCUT2D eigenvalue weighted by Crippen LogP contribution is -2.16. The molecular formula is C13H12N2O3S. The summed E-state index contributed by atoms with van der Waals surface area (Å²) in [6, 6.07) is 8.31. The Kier molecular flexibility index (Phi) is 4.15. The van der Waals surface area contributed by atoms with Gasteiger partial charge in [0, 0.05) is 0 Å². The molecule has 2 N–H and O–H groups in total. The molecule has 0 aliphatic heterocycles. The minimum atomic E-state index is -0.253. The maximum atomic E-state index is 11.6. The summed E-state index contributed by atoms with van der Waals surface area (Å²) < 4.78 is 4.97. The van der Waals surface area contributed by atoms with Gasteiger partial charge in [-0.2, -0.15) is 5.10 Å². The van der Waals surface area contributed by atoms with Gasteiger partial charge in [-0.25, -0.2) is 5.43 Å². The molecule has 1 aromatic heterocycles. The number of rotatable bonds is 4. The predicted molar refractivity (Wildman–Crippen MR) is 74.0 cm³/mol. The lowest BCUT2D eigenvalue weighted by Gasteiger charge is -2.03. The number of carbonyl (C=O) groups is 1. The highest BCUT2D eigenvalue weighted by atomic mass is 32.1. The minimum Gasteiger partial charge on any atom is -0.504 e. The Bertz CT molecular complexity index is 594. The number of methoxy groups -OCH3 is 1. The monoisotopic (exact) mass is 276 g/mol. The van der Waals surface area contributed by atoms with Crippen LogP contribution in [0.4, 0.5) is 0 Å². The summed E-state index contributed by atoms with van der Waals surface area (Å²) in [6.07, 6.45) is 1.48. The molecule has 0 atom stereocenters. The first-order valence-electron chi connectivity index (χ1n) is 5.44. The van der Waals surface area contributed by atoms with Gasteiger partial charge in [0.15, 0.2) is 11.5 Å². The summed E-state index contributed by atoms with van der Waals surface area (Å²) in [6.45, 7) is 0. The summed E-state index contributed by atoms with van der Waals surface area (Å²) in [5, 5.41) is 15.1. The highest BCUT2D eigenvalue weighted by Crippen LogP contribution is 2.25. The highest BCUT2D eigenvalue weighted by Gasteiger charge is 2.04. The van der Waals surface area contributed by atoms with Gasteiger partial charge in [0.2, 0.25) is 0 Å². The van der Waals surface area contributed by atoms with Gasteiger partial charge < -0.3 is 9.84 Å². The van der Waals surface area contributed by atoms with E-state index in [0.717, 1.165) is 0 Å². The molecule has 0 radical (unpaired) electrons. The predicted octanol–water partition coefficient (Wildman–Crippen LogP) is 2.23. The van der Waals surface area contributed by atoms with Gasteiger partial charge in [0.25, 0.3) is 5.91 Å². The van der Waals surface area contributed by atoms with Crippen LogP contribution in [0.2, 0.25) is 0 Å². The average molecular weight is 276 g/mol. The van der Waals surface area contributed by atoms with Crippen LogP contribution in [0.15, 0.2) is 40.8 Å². The Balaban J connectivity index is 2.01. The SMILES string of the molecule is COc1cc(/C=N/NC(=O)c2cccs2)ccc1O. The first-order chi connectivity index (χ1) is 9.20. The third-order valence-electron chi connectivity index (χ3n) is 2.33. The molecule has 19 heavy (non-hydrogen) atoms. The van der Waals surface area contributed by atoms with Crippen LogP contribution in [0.1, 0.15) is 15.2 Å². The molecule has 5 nitrogen and oxygen atoms in total. The summed E-state index contributed by atoms with van der Waals surface area (Å²) in [5.74, 6) is 0.160. The molecule has 1 amide bonds. The third-order valence-corrected chi connectivity index (χ3v) is 3.20. The number of thiophene rings is 1. The number of hydrogen-bond donors (Lipinski definition) is 2. The van der Waals surface area contributed by atoms with Gasteiger partial charge in [-0.1, -0.05) is 6.07 Å². The standard InChI is InChI=1S/C13H12N2O3S/c1-18-11-7-9(4-5-10(11)16)8-14-15-13(17)12-3-2-6-19-12/h2-8,16H,1H3,(H,15,17)/b14-8+. The van der Waals surface area contributed by atoms with Crippen molar-refractivity contribution in [1.29, 1.82) is 0 Å². The van der Waals surface area contributed by atoms with Crippen LogP contribution < -0.4 is 10.2 Å². The minimum absolute atomic E-state index is 0.0577. The number of hydrogen-bond acceptors (Lipinski definition) is 5. The molecule has 6 heteroatoms. The third kappa shape index (κ3) is 3.32. The number of nitrogens with zero attached hydrogens (tertiary/aromatic N) is 1. The van der Waals surface area contributed by atoms with Crippen molar-refractivity contribution < 1.29 is 14.6 Å². The number of carbonyl (C=O) groups excluding carboxylic acids is 1. The normalized spacial score (nSPS) is 10.6. The molecule has 0 aliphatic carbocycles. The second-order valence-electron chi connectivity index (χ2n) is 3.61. The summed E-state index contributed by atoms with van der Waals surface area (Å²) >= 11 is 1.35. The zero-order chi connectivity index (χ0) is 13.7. The van der Waals surface area contributed by atoms with E-state index >= 15 is 0 Å².